The fraction of sp³-hybridized carbons (Fsp3) is 0.667. The van der Waals surface area contributed by atoms with Crippen LogP contribution in [0.5, 0.6) is 0 Å². The number of thiocarbonyl (C=S) groups is 1. The van der Waals surface area contributed by atoms with Gasteiger partial charge < -0.3 is 4.55 Å². The van der Waals surface area contributed by atoms with Gasteiger partial charge in [0.1, 0.15) is 10.1 Å². The first kappa shape index (κ1) is 12.7. The van der Waals surface area contributed by atoms with Crippen LogP contribution < -0.4 is 29.6 Å². The summed E-state index contributed by atoms with van der Waals surface area (Å²) in [7, 11) is -4.27. The normalized spacial score (nSPS) is 10.0. The van der Waals surface area contributed by atoms with Gasteiger partial charge in [0.2, 0.25) is 0 Å². The van der Waals surface area contributed by atoms with Crippen molar-refractivity contribution in [2.45, 2.75) is 13.3 Å². The van der Waals surface area contributed by atoms with Gasteiger partial charge >= 0.3 is 29.6 Å². The van der Waals surface area contributed by atoms with Crippen molar-refractivity contribution in [3.63, 3.8) is 0 Å². The van der Waals surface area contributed by atoms with Crippen molar-refractivity contribution in [1.29, 1.82) is 0 Å². The van der Waals surface area contributed by atoms with Crippen LogP contribution in [0.15, 0.2) is 0 Å². The standard InChI is InChI=1S/C3H6O3S2.Na/c1-2-3(7)8(4,5)6;/h2H2,1H3,(H,4,5,6);/q;+1/p-1. The summed E-state index contributed by atoms with van der Waals surface area (Å²) in [5.74, 6) is 0. The molecule has 0 aromatic carbocycles. The second kappa shape index (κ2) is 4.76. The third-order valence-electron chi connectivity index (χ3n) is 0.568. The first-order valence-corrected chi connectivity index (χ1v) is 3.79. The van der Waals surface area contributed by atoms with Crippen LogP contribution in [0.3, 0.4) is 0 Å². The molecule has 0 saturated heterocycles. The van der Waals surface area contributed by atoms with Crippen LogP contribution in [0.2, 0.25) is 0 Å². The van der Waals surface area contributed by atoms with Gasteiger partial charge in [-0.05, 0) is 6.42 Å². The molecule has 6 heteroatoms. The van der Waals surface area contributed by atoms with Crippen LogP contribution in [0, 0.1) is 0 Å². The molecule has 0 amide bonds. The van der Waals surface area contributed by atoms with Crippen molar-refractivity contribution in [3.05, 3.63) is 0 Å². The average molecular weight is 176 g/mol. The molecule has 9 heavy (non-hydrogen) atoms. The molecule has 0 radical (unpaired) electrons. The molecule has 0 spiro atoms. The zero-order chi connectivity index (χ0) is 6.78. The van der Waals surface area contributed by atoms with E-state index in [1.165, 1.54) is 6.92 Å². The van der Waals surface area contributed by atoms with Gasteiger partial charge in [0, 0.05) is 0 Å². The number of rotatable bonds is 1. The molecule has 0 saturated carbocycles. The zero-order valence-corrected chi connectivity index (χ0v) is 8.88. The minimum absolute atomic E-state index is 0. The maximum Gasteiger partial charge on any atom is 1.00 e. The summed E-state index contributed by atoms with van der Waals surface area (Å²) in [6.07, 6.45) is 0.126. The number of hydrogen-bond acceptors (Lipinski definition) is 4. The van der Waals surface area contributed by atoms with Gasteiger partial charge in [0.25, 0.3) is 0 Å². The molecule has 0 rings (SSSR count). The molecule has 0 aliphatic heterocycles. The Morgan fingerprint density at radius 2 is 2.00 bits per heavy atom. The Kier molecular flexibility index (Phi) is 6.69. The van der Waals surface area contributed by atoms with Crippen molar-refractivity contribution in [2.24, 2.45) is 0 Å². The molecular weight excluding hydrogens is 171 g/mol. The molecule has 48 valence electrons. The van der Waals surface area contributed by atoms with Gasteiger partial charge in [-0.2, -0.15) is 0 Å². The Balaban J connectivity index is 0. The molecular formula is C3H5NaO3S2. The molecule has 0 N–H and O–H groups in total. The first-order chi connectivity index (χ1) is 3.48. The zero-order valence-electron chi connectivity index (χ0n) is 5.25. The summed E-state index contributed by atoms with van der Waals surface area (Å²) in [5.41, 5.74) is 0. The van der Waals surface area contributed by atoms with Crippen molar-refractivity contribution < 1.29 is 42.5 Å². The Labute approximate surface area is 81.9 Å². The summed E-state index contributed by atoms with van der Waals surface area (Å²) in [6, 6.07) is 0. The SMILES string of the molecule is CCC(=S)S(=O)(=O)[O-].[Na+]. The fourth-order valence-electron chi connectivity index (χ4n) is 0.177. The quantitative estimate of drug-likeness (QED) is 0.247. The topological polar surface area (TPSA) is 57.2 Å². The van der Waals surface area contributed by atoms with E-state index in [4.69, 9.17) is 0 Å². The molecule has 3 nitrogen and oxygen atoms in total. The van der Waals surface area contributed by atoms with Gasteiger partial charge in [-0.1, -0.05) is 19.1 Å². The Morgan fingerprint density at radius 1 is 1.67 bits per heavy atom. The Morgan fingerprint density at radius 3 is 2.00 bits per heavy atom. The summed E-state index contributed by atoms with van der Waals surface area (Å²) in [4.78, 5) is 0. The van der Waals surface area contributed by atoms with E-state index >= 15 is 0 Å². The smallest absolute Gasteiger partial charge is 0.744 e. The van der Waals surface area contributed by atoms with E-state index in [1.807, 2.05) is 0 Å². The van der Waals surface area contributed by atoms with Crippen molar-refractivity contribution in [1.82, 2.24) is 0 Å². The van der Waals surface area contributed by atoms with E-state index in [-0.39, 0.29) is 36.0 Å². The minimum atomic E-state index is -4.27. The Hall–Kier alpha value is 1.000. The predicted molar refractivity (Wildman–Crippen MR) is 32.6 cm³/mol. The molecule has 0 atom stereocenters. The molecule has 0 aromatic rings. The molecule has 0 unspecified atom stereocenters. The molecule has 0 aliphatic carbocycles. The van der Waals surface area contributed by atoms with Gasteiger partial charge in [-0.15, -0.1) is 0 Å². The van der Waals surface area contributed by atoms with Crippen LogP contribution in [0.25, 0.3) is 0 Å². The van der Waals surface area contributed by atoms with Crippen LogP contribution >= 0.6 is 12.2 Å². The Bertz CT molecular complexity index is 183. The van der Waals surface area contributed by atoms with E-state index in [1.54, 1.807) is 0 Å². The van der Waals surface area contributed by atoms with Crippen LogP contribution in [-0.4, -0.2) is 17.2 Å². The molecule has 0 aliphatic rings. The largest absolute Gasteiger partial charge is 1.00 e. The minimum Gasteiger partial charge on any atom is -0.744 e. The molecule has 0 heterocycles. The third-order valence-corrected chi connectivity index (χ3v) is 2.31. The second-order valence-corrected chi connectivity index (χ2v) is 3.33. The average Bonchev–Trinajstić information content (AvgIpc) is 1.62. The van der Waals surface area contributed by atoms with E-state index in [2.05, 4.69) is 12.2 Å². The molecule has 0 fully saturated rings. The summed E-state index contributed by atoms with van der Waals surface area (Å²) < 4.78 is 29.2. The summed E-state index contributed by atoms with van der Waals surface area (Å²) >= 11 is 4.19. The van der Waals surface area contributed by atoms with Gasteiger partial charge in [-0.3, -0.25) is 0 Å². The fourth-order valence-corrected chi connectivity index (χ4v) is 0.530. The van der Waals surface area contributed by atoms with Crippen LogP contribution in [-0.2, 0) is 10.1 Å². The van der Waals surface area contributed by atoms with E-state index < -0.39 is 14.3 Å². The predicted octanol–water partition coefficient (Wildman–Crippen LogP) is -2.73. The second-order valence-electron chi connectivity index (χ2n) is 1.18. The maximum absolute atomic E-state index is 9.87. The monoisotopic (exact) mass is 176 g/mol. The number of hydrogen-bond donors (Lipinski definition) is 0. The van der Waals surface area contributed by atoms with Crippen molar-refractivity contribution in [3.8, 4) is 0 Å². The van der Waals surface area contributed by atoms with E-state index in [0.717, 1.165) is 0 Å². The maximum atomic E-state index is 9.87. The summed E-state index contributed by atoms with van der Waals surface area (Å²) in [5, 5.41) is 0. The molecule has 0 aromatic heterocycles. The van der Waals surface area contributed by atoms with Crippen LogP contribution in [0.4, 0.5) is 0 Å². The van der Waals surface area contributed by atoms with Gasteiger partial charge in [-0.25, -0.2) is 8.42 Å². The molecule has 0 bridgehead atoms. The van der Waals surface area contributed by atoms with Gasteiger partial charge in [0.15, 0.2) is 0 Å². The van der Waals surface area contributed by atoms with E-state index in [0.29, 0.717) is 0 Å². The summed E-state index contributed by atoms with van der Waals surface area (Å²) in [6.45, 7) is 1.53. The van der Waals surface area contributed by atoms with Crippen molar-refractivity contribution in [2.75, 3.05) is 0 Å². The van der Waals surface area contributed by atoms with Gasteiger partial charge in [0.05, 0.1) is 4.20 Å². The first-order valence-electron chi connectivity index (χ1n) is 1.97. The van der Waals surface area contributed by atoms with Crippen molar-refractivity contribution >= 4 is 26.5 Å². The third kappa shape index (κ3) is 5.44. The van der Waals surface area contributed by atoms with Crippen LogP contribution in [0.1, 0.15) is 13.3 Å². The van der Waals surface area contributed by atoms with E-state index in [9.17, 15) is 13.0 Å².